The van der Waals surface area contributed by atoms with E-state index in [2.05, 4.69) is 4.98 Å². The molecular weight excluding hydrogens is 295 g/mol. The summed E-state index contributed by atoms with van der Waals surface area (Å²) in [6, 6.07) is 9.92. The molecule has 3 rings (SSSR count). The Morgan fingerprint density at radius 3 is 2.78 bits per heavy atom. The molecule has 0 aliphatic carbocycles. The number of aromatic nitrogens is 1. The molecule has 0 spiro atoms. The molecule has 0 unspecified atom stereocenters. The van der Waals surface area contributed by atoms with Crippen molar-refractivity contribution in [3.8, 4) is 5.75 Å². The predicted molar refractivity (Wildman–Crippen MR) is 84.6 cm³/mol. The van der Waals surface area contributed by atoms with Crippen LogP contribution < -0.4 is 4.74 Å². The predicted octanol–water partition coefficient (Wildman–Crippen LogP) is 2.83. The SMILES string of the molecule is O=C(Cc1cccnc1)N1CCC(Oc2cccc(F)c2)CC1. The lowest BCUT2D eigenvalue weighted by Gasteiger charge is -2.32. The normalized spacial score (nSPS) is 15.4. The van der Waals surface area contributed by atoms with Crippen molar-refractivity contribution in [2.24, 2.45) is 0 Å². The number of piperidine rings is 1. The summed E-state index contributed by atoms with van der Waals surface area (Å²) >= 11 is 0. The number of rotatable bonds is 4. The van der Waals surface area contributed by atoms with Gasteiger partial charge in [0.1, 0.15) is 17.7 Å². The van der Waals surface area contributed by atoms with Crippen molar-refractivity contribution in [3.05, 3.63) is 60.2 Å². The molecule has 1 saturated heterocycles. The van der Waals surface area contributed by atoms with Gasteiger partial charge in [0, 0.05) is 44.4 Å². The molecule has 23 heavy (non-hydrogen) atoms. The monoisotopic (exact) mass is 314 g/mol. The summed E-state index contributed by atoms with van der Waals surface area (Å²) in [6.07, 6.45) is 5.34. The fraction of sp³-hybridized carbons (Fsp3) is 0.333. The van der Waals surface area contributed by atoms with Gasteiger partial charge in [-0.25, -0.2) is 4.39 Å². The third-order valence-electron chi connectivity index (χ3n) is 3.97. The molecule has 4 nitrogen and oxygen atoms in total. The smallest absolute Gasteiger partial charge is 0.227 e. The number of hydrogen-bond donors (Lipinski definition) is 0. The highest BCUT2D eigenvalue weighted by Gasteiger charge is 2.24. The molecule has 0 atom stereocenters. The topological polar surface area (TPSA) is 42.4 Å². The molecule has 1 aromatic heterocycles. The van der Waals surface area contributed by atoms with Crippen LogP contribution in [0.5, 0.6) is 5.75 Å². The molecule has 0 radical (unpaired) electrons. The van der Waals surface area contributed by atoms with Crippen molar-refractivity contribution < 1.29 is 13.9 Å². The van der Waals surface area contributed by atoms with E-state index in [-0.39, 0.29) is 17.8 Å². The van der Waals surface area contributed by atoms with Gasteiger partial charge in [-0.05, 0) is 23.8 Å². The minimum Gasteiger partial charge on any atom is -0.490 e. The van der Waals surface area contributed by atoms with E-state index < -0.39 is 0 Å². The van der Waals surface area contributed by atoms with Gasteiger partial charge < -0.3 is 9.64 Å². The standard InChI is InChI=1S/C18H19FN2O2/c19-15-4-1-5-17(12-15)23-16-6-9-21(10-7-16)18(22)11-14-3-2-8-20-13-14/h1-5,8,12-13,16H,6-7,9-11H2. The molecule has 1 fully saturated rings. The van der Waals surface area contributed by atoms with Gasteiger partial charge in [0.15, 0.2) is 0 Å². The minimum atomic E-state index is -0.299. The van der Waals surface area contributed by atoms with Gasteiger partial charge in [0.25, 0.3) is 0 Å². The first-order valence-corrected chi connectivity index (χ1v) is 7.79. The fourth-order valence-electron chi connectivity index (χ4n) is 2.74. The molecule has 1 amide bonds. The third kappa shape index (κ3) is 4.28. The van der Waals surface area contributed by atoms with Gasteiger partial charge in [-0.2, -0.15) is 0 Å². The highest BCUT2D eigenvalue weighted by molar-refractivity contribution is 5.78. The van der Waals surface area contributed by atoms with Crippen LogP contribution in [-0.2, 0) is 11.2 Å². The number of ether oxygens (including phenoxy) is 1. The van der Waals surface area contributed by atoms with Gasteiger partial charge in [0.05, 0.1) is 6.42 Å². The molecule has 1 aromatic carbocycles. The van der Waals surface area contributed by atoms with Crippen LogP contribution in [0, 0.1) is 5.82 Å². The molecule has 0 bridgehead atoms. The maximum atomic E-state index is 13.2. The van der Waals surface area contributed by atoms with E-state index in [1.54, 1.807) is 24.5 Å². The first-order valence-electron chi connectivity index (χ1n) is 7.79. The summed E-state index contributed by atoms with van der Waals surface area (Å²) in [5.74, 6) is 0.360. The lowest BCUT2D eigenvalue weighted by molar-refractivity contribution is -0.132. The van der Waals surface area contributed by atoms with Crippen LogP contribution in [0.2, 0.25) is 0 Å². The third-order valence-corrected chi connectivity index (χ3v) is 3.97. The molecule has 2 heterocycles. The Morgan fingerprint density at radius 2 is 2.09 bits per heavy atom. The average Bonchev–Trinajstić information content (AvgIpc) is 2.56. The summed E-state index contributed by atoms with van der Waals surface area (Å²) in [6.45, 7) is 1.33. The van der Waals surface area contributed by atoms with E-state index >= 15 is 0 Å². The molecule has 1 aliphatic heterocycles. The number of amides is 1. The summed E-state index contributed by atoms with van der Waals surface area (Å²) in [5.41, 5.74) is 0.927. The van der Waals surface area contributed by atoms with Crippen molar-refractivity contribution in [1.82, 2.24) is 9.88 Å². The quantitative estimate of drug-likeness (QED) is 0.871. The Bertz CT molecular complexity index is 655. The van der Waals surface area contributed by atoms with E-state index in [9.17, 15) is 9.18 Å². The van der Waals surface area contributed by atoms with E-state index in [0.29, 0.717) is 25.3 Å². The van der Waals surface area contributed by atoms with Gasteiger partial charge in [-0.15, -0.1) is 0 Å². The molecule has 0 N–H and O–H groups in total. The Labute approximate surface area is 134 Å². The van der Waals surface area contributed by atoms with E-state index in [1.165, 1.54) is 12.1 Å². The molecule has 0 saturated carbocycles. The second kappa shape index (κ2) is 7.22. The lowest BCUT2D eigenvalue weighted by Crippen LogP contribution is -2.42. The Morgan fingerprint density at radius 1 is 1.26 bits per heavy atom. The second-order valence-electron chi connectivity index (χ2n) is 5.69. The maximum absolute atomic E-state index is 13.2. The van der Waals surface area contributed by atoms with Crippen LogP contribution in [0.25, 0.3) is 0 Å². The number of nitrogens with zero attached hydrogens (tertiary/aromatic N) is 2. The zero-order valence-corrected chi connectivity index (χ0v) is 12.8. The van der Waals surface area contributed by atoms with Crippen molar-refractivity contribution in [2.45, 2.75) is 25.4 Å². The highest BCUT2D eigenvalue weighted by Crippen LogP contribution is 2.20. The zero-order chi connectivity index (χ0) is 16.1. The molecule has 120 valence electrons. The summed E-state index contributed by atoms with van der Waals surface area (Å²) in [5, 5.41) is 0. The zero-order valence-electron chi connectivity index (χ0n) is 12.8. The number of benzene rings is 1. The summed E-state index contributed by atoms with van der Waals surface area (Å²) < 4.78 is 19.0. The summed E-state index contributed by atoms with van der Waals surface area (Å²) in [4.78, 5) is 18.2. The van der Waals surface area contributed by atoms with Gasteiger partial charge in [0.2, 0.25) is 5.91 Å². The first kappa shape index (κ1) is 15.5. The number of pyridine rings is 1. The van der Waals surface area contributed by atoms with Crippen LogP contribution in [0.3, 0.4) is 0 Å². The number of likely N-dealkylation sites (tertiary alicyclic amines) is 1. The molecule has 2 aromatic rings. The van der Waals surface area contributed by atoms with Gasteiger partial charge in [-0.1, -0.05) is 12.1 Å². The van der Waals surface area contributed by atoms with Crippen molar-refractivity contribution in [3.63, 3.8) is 0 Å². The Kier molecular flexibility index (Phi) is 4.86. The van der Waals surface area contributed by atoms with Gasteiger partial charge in [-0.3, -0.25) is 9.78 Å². The first-order chi connectivity index (χ1) is 11.2. The van der Waals surface area contributed by atoms with Crippen LogP contribution in [0.4, 0.5) is 4.39 Å². The minimum absolute atomic E-state index is 0.0271. The lowest BCUT2D eigenvalue weighted by atomic mass is 10.1. The highest BCUT2D eigenvalue weighted by atomic mass is 19.1. The average molecular weight is 314 g/mol. The second-order valence-corrected chi connectivity index (χ2v) is 5.69. The van der Waals surface area contributed by atoms with Crippen molar-refractivity contribution in [2.75, 3.05) is 13.1 Å². The number of halogens is 1. The van der Waals surface area contributed by atoms with Crippen molar-refractivity contribution in [1.29, 1.82) is 0 Å². The Hall–Kier alpha value is -2.43. The molecular formula is C18H19FN2O2. The summed E-state index contributed by atoms with van der Waals surface area (Å²) in [7, 11) is 0. The largest absolute Gasteiger partial charge is 0.490 e. The van der Waals surface area contributed by atoms with E-state index in [4.69, 9.17) is 4.74 Å². The Balaban J connectivity index is 1.49. The number of carbonyl (C=O) groups is 1. The maximum Gasteiger partial charge on any atom is 0.227 e. The van der Waals surface area contributed by atoms with Crippen molar-refractivity contribution >= 4 is 5.91 Å². The van der Waals surface area contributed by atoms with Crippen LogP contribution in [0.15, 0.2) is 48.8 Å². The number of hydrogen-bond acceptors (Lipinski definition) is 3. The van der Waals surface area contributed by atoms with Crippen LogP contribution >= 0.6 is 0 Å². The fourth-order valence-corrected chi connectivity index (χ4v) is 2.74. The van der Waals surface area contributed by atoms with Crippen LogP contribution in [-0.4, -0.2) is 35.0 Å². The van der Waals surface area contributed by atoms with E-state index in [0.717, 1.165) is 18.4 Å². The van der Waals surface area contributed by atoms with E-state index in [1.807, 2.05) is 17.0 Å². The molecule has 5 heteroatoms. The number of carbonyl (C=O) groups excluding carboxylic acids is 1. The molecule has 1 aliphatic rings. The van der Waals surface area contributed by atoms with Gasteiger partial charge >= 0.3 is 0 Å². The van der Waals surface area contributed by atoms with Crippen LogP contribution in [0.1, 0.15) is 18.4 Å².